The van der Waals surface area contributed by atoms with E-state index in [1.807, 2.05) is 0 Å². The van der Waals surface area contributed by atoms with Crippen LogP contribution in [0.15, 0.2) is 28.7 Å². The van der Waals surface area contributed by atoms with Gasteiger partial charge >= 0.3 is 0 Å². The van der Waals surface area contributed by atoms with Crippen LogP contribution in [0, 0.1) is 5.82 Å². The molecule has 110 valence electrons. The van der Waals surface area contributed by atoms with Gasteiger partial charge < -0.3 is 10.4 Å². The summed E-state index contributed by atoms with van der Waals surface area (Å²) in [5.74, 6) is 1.07. The molecule has 20 heavy (non-hydrogen) atoms. The van der Waals surface area contributed by atoms with Crippen molar-refractivity contribution in [1.82, 2.24) is 5.32 Å². The number of halogens is 2. The molecule has 0 heterocycles. The topological polar surface area (TPSA) is 49.3 Å². The second-order valence-electron chi connectivity index (χ2n) is 3.98. The van der Waals surface area contributed by atoms with Crippen LogP contribution in [-0.4, -0.2) is 35.7 Å². The molecule has 1 rings (SSSR count). The Morgan fingerprint density at radius 2 is 2.25 bits per heavy atom. The van der Waals surface area contributed by atoms with E-state index in [2.05, 4.69) is 21.2 Å². The second kappa shape index (κ2) is 9.96. The molecular formula is C14H17BrFNO2S. The molecule has 2 N–H and O–H groups in total. The normalized spacial score (nSPS) is 10.9. The van der Waals surface area contributed by atoms with Gasteiger partial charge in [0, 0.05) is 35.0 Å². The summed E-state index contributed by atoms with van der Waals surface area (Å²) in [6.07, 6.45) is 3.54. The fraction of sp³-hybridized carbons (Fsp3) is 0.357. The Kier molecular flexibility index (Phi) is 8.57. The van der Waals surface area contributed by atoms with Crippen molar-refractivity contribution in [2.45, 2.75) is 6.42 Å². The molecule has 0 spiro atoms. The van der Waals surface area contributed by atoms with Crippen LogP contribution in [-0.2, 0) is 4.79 Å². The quantitative estimate of drug-likeness (QED) is 0.552. The molecule has 0 atom stereocenters. The molecule has 0 radical (unpaired) electrons. The molecule has 1 amide bonds. The van der Waals surface area contributed by atoms with Crippen molar-refractivity contribution in [1.29, 1.82) is 0 Å². The van der Waals surface area contributed by atoms with Crippen LogP contribution in [0.4, 0.5) is 4.39 Å². The monoisotopic (exact) mass is 361 g/mol. The SMILES string of the molecule is O=C(/C=C/c1cc(Br)ccc1F)NCCSCCCO. The number of rotatable bonds is 8. The maximum atomic E-state index is 13.4. The second-order valence-corrected chi connectivity index (χ2v) is 6.12. The van der Waals surface area contributed by atoms with Gasteiger partial charge in [0.2, 0.25) is 5.91 Å². The molecule has 6 heteroatoms. The van der Waals surface area contributed by atoms with Gasteiger partial charge in [-0.1, -0.05) is 15.9 Å². The summed E-state index contributed by atoms with van der Waals surface area (Å²) < 4.78 is 14.2. The van der Waals surface area contributed by atoms with Crippen LogP contribution in [0.5, 0.6) is 0 Å². The fourth-order valence-corrected chi connectivity index (χ4v) is 2.54. The van der Waals surface area contributed by atoms with Crippen LogP contribution in [0.25, 0.3) is 6.08 Å². The van der Waals surface area contributed by atoms with Gasteiger partial charge in [0.1, 0.15) is 5.82 Å². The molecule has 3 nitrogen and oxygen atoms in total. The number of amides is 1. The molecular weight excluding hydrogens is 345 g/mol. The Morgan fingerprint density at radius 1 is 1.45 bits per heavy atom. The summed E-state index contributed by atoms with van der Waals surface area (Å²) in [5, 5.41) is 11.3. The zero-order chi connectivity index (χ0) is 14.8. The molecule has 0 bridgehead atoms. The van der Waals surface area contributed by atoms with Crippen molar-refractivity contribution >= 4 is 39.7 Å². The van der Waals surface area contributed by atoms with Gasteiger partial charge in [0.15, 0.2) is 0 Å². The lowest BCUT2D eigenvalue weighted by Gasteiger charge is -2.02. The number of aliphatic hydroxyl groups excluding tert-OH is 1. The van der Waals surface area contributed by atoms with Crippen molar-refractivity contribution in [2.75, 3.05) is 24.7 Å². The lowest BCUT2D eigenvalue weighted by molar-refractivity contribution is -0.116. The van der Waals surface area contributed by atoms with E-state index in [4.69, 9.17) is 5.11 Å². The molecule has 0 aliphatic rings. The van der Waals surface area contributed by atoms with Crippen molar-refractivity contribution in [3.63, 3.8) is 0 Å². The highest BCUT2D eigenvalue weighted by Gasteiger charge is 2.00. The summed E-state index contributed by atoms with van der Waals surface area (Å²) in [7, 11) is 0. The Labute approximate surface area is 130 Å². The van der Waals surface area contributed by atoms with Crippen LogP contribution in [0.3, 0.4) is 0 Å². The average molecular weight is 362 g/mol. The predicted molar refractivity (Wildman–Crippen MR) is 85.2 cm³/mol. The molecule has 0 saturated heterocycles. The molecule has 1 aromatic carbocycles. The summed E-state index contributed by atoms with van der Waals surface area (Å²) in [5.41, 5.74) is 0.367. The average Bonchev–Trinajstić information content (AvgIpc) is 2.43. The lowest BCUT2D eigenvalue weighted by Crippen LogP contribution is -2.23. The first-order valence-electron chi connectivity index (χ1n) is 6.23. The van der Waals surface area contributed by atoms with Crippen molar-refractivity contribution in [2.24, 2.45) is 0 Å². The number of nitrogens with one attached hydrogen (secondary N) is 1. The maximum Gasteiger partial charge on any atom is 0.244 e. The van der Waals surface area contributed by atoms with E-state index in [9.17, 15) is 9.18 Å². The summed E-state index contributed by atoms with van der Waals surface area (Å²) in [4.78, 5) is 11.5. The van der Waals surface area contributed by atoms with E-state index in [-0.39, 0.29) is 18.3 Å². The number of thioether (sulfide) groups is 1. The molecule has 0 unspecified atom stereocenters. The number of hydrogen-bond donors (Lipinski definition) is 2. The minimum Gasteiger partial charge on any atom is -0.396 e. The van der Waals surface area contributed by atoms with Crippen molar-refractivity contribution in [3.05, 3.63) is 40.1 Å². The first-order chi connectivity index (χ1) is 9.63. The van der Waals surface area contributed by atoms with E-state index in [1.165, 1.54) is 18.2 Å². The number of aliphatic hydroxyl groups is 1. The fourth-order valence-electron chi connectivity index (χ4n) is 1.38. The lowest BCUT2D eigenvalue weighted by atomic mass is 10.2. The Hall–Kier alpha value is -0.850. The molecule has 0 fully saturated rings. The molecule has 0 aromatic heterocycles. The third-order valence-electron chi connectivity index (χ3n) is 2.36. The minimum atomic E-state index is -0.364. The third-order valence-corrected chi connectivity index (χ3v) is 3.93. The molecule has 0 aliphatic carbocycles. The van der Waals surface area contributed by atoms with Crippen molar-refractivity contribution in [3.8, 4) is 0 Å². The van der Waals surface area contributed by atoms with E-state index in [1.54, 1.807) is 23.9 Å². The highest BCUT2D eigenvalue weighted by molar-refractivity contribution is 9.10. The molecule has 1 aromatic rings. The standard InChI is InChI=1S/C14H17BrFNO2S/c15-12-3-4-13(16)11(10-12)2-5-14(19)17-6-9-20-8-1-7-18/h2-5,10,18H,1,6-9H2,(H,17,19)/b5-2+. The number of carbonyl (C=O) groups excluding carboxylic acids is 1. The Bertz CT molecular complexity index is 468. The highest BCUT2D eigenvalue weighted by Crippen LogP contribution is 2.16. The van der Waals surface area contributed by atoms with E-state index in [0.29, 0.717) is 12.1 Å². The predicted octanol–water partition coefficient (Wildman–Crippen LogP) is 2.83. The molecule has 0 aliphatic heterocycles. The van der Waals surface area contributed by atoms with E-state index in [0.717, 1.165) is 22.4 Å². The van der Waals surface area contributed by atoms with Crippen molar-refractivity contribution < 1.29 is 14.3 Å². The molecule has 0 saturated carbocycles. The Morgan fingerprint density at radius 3 is 3.00 bits per heavy atom. The largest absolute Gasteiger partial charge is 0.396 e. The number of hydrogen-bond acceptors (Lipinski definition) is 3. The maximum absolute atomic E-state index is 13.4. The van der Waals surface area contributed by atoms with Gasteiger partial charge in [-0.15, -0.1) is 0 Å². The van der Waals surface area contributed by atoms with Gasteiger partial charge in [0.25, 0.3) is 0 Å². The van der Waals surface area contributed by atoms with Crippen LogP contribution >= 0.6 is 27.7 Å². The van der Waals surface area contributed by atoms with Gasteiger partial charge in [-0.2, -0.15) is 11.8 Å². The third kappa shape index (κ3) is 7.07. The summed E-state index contributed by atoms with van der Waals surface area (Å²) >= 11 is 4.93. The van der Waals surface area contributed by atoms with Gasteiger partial charge in [-0.3, -0.25) is 4.79 Å². The Balaban J connectivity index is 2.31. The van der Waals surface area contributed by atoms with E-state index >= 15 is 0 Å². The minimum absolute atomic E-state index is 0.195. The summed E-state index contributed by atoms with van der Waals surface area (Å²) in [6, 6.07) is 4.57. The smallest absolute Gasteiger partial charge is 0.244 e. The van der Waals surface area contributed by atoms with Crippen LogP contribution < -0.4 is 5.32 Å². The first-order valence-corrected chi connectivity index (χ1v) is 8.18. The first kappa shape index (κ1) is 17.2. The number of benzene rings is 1. The van der Waals surface area contributed by atoms with Gasteiger partial charge in [0.05, 0.1) is 0 Å². The summed E-state index contributed by atoms with van der Waals surface area (Å²) in [6.45, 7) is 0.751. The van der Waals surface area contributed by atoms with Gasteiger partial charge in [-0.25, -0.2) is 4.39 Å². The van der Waals surface area contributed by atoms with Gasteiger partial charge in [-0.05, 0) is 36.4 Å². The van der Waals surface area contributed by atoms with E-state index < -0.39 is 0 Å². The zero-order valence-corrected chi connectivity index (χ0v) is 13.3. The zero-order valence-electron chi connectivity index (χ0n) is 10.9. The van der Waals surface area contributed by atoms with Crippen LogP contribution in [0.1, 0.15) is 12.0 Å². The highest BCUT2D eigenvalue weighted by atomic mass is 79.9. The van der Waals surface area contributed by atoms with Crippen LogP contribution in [0.2, 0.25) is 0 Å². The number of carbonyl (C=O) groups is 1.